The maximum Gasteiger partial charge on any atom is 0.222 e. The lowest BCUT2D eigenvalue weighted by atomic mass is 9.92. The van der Waals surface area contributed by atoms with Crippen LogP contribution in [0.15, 0.2) is 81.1 Å². The molecular formula is C28H20NOS+. The Balaban J connectivity index is 1.75. The maximum atomic E-state index is 6.39. The molecule has 0 atom stereocenters. The Kier molecular flexibility index (Phi) is 3.31. The molecule has 0 bridgehead atoms. The van der Waals surface area contributed by atoms with Crippen molar-refractivity contribution >= 4 is 55.2 Å². The van der Waals surface area contributed by atoms with Crippen LogP contribution in [0, 0.1) is 13.8 Å². The van der Waals surface area contributed by atoms with Crippen LogP contribution in [0.3, 0.4) is 0 Å². The lowest BCUT2D eigenvalue weighted by molar-refractivity contribution is -0.659. The van der Waals surface area contributed by atoms with Gasteiger partial charge in [0.05, 0.1) is 10.9 Å². The van der Waals surface area contributed by atoms with Gasteiger partial charge in [0.25, 0.3) is 0 Å². The van der Waals surface area contributed by atoms with Crippen LogP contribution < -0.4 is 4.57 Å². The van der Waals surface area contributed by atoms with Crippen LogP contribution in [0.4, 0.5) is 0 Å². The van der Waals surface area contributed by atoms with E-state index in [1.54, 1.807) is 0 Å². The van der Waals surface area contributed by atoms with Crippen molar-refractivity contribution in [2.75, 3.05) is 0 Å². The number of hydrogen-bond acceptors (Lipinski definition) is 2. The molecule has 1 aliphatic heterocycles. The Hall–Kier alpha value is -3.30. The number of benzene rings is 4. The fourth-order valence-corrected chi connectivity index (χ4v) is 6.68. The van der Waals surface area contributed by atoms with Gasteiger partial charge in [0.15, 0.2) is 6.20 Å². The molecule has 3 heteroatoms. The van der Waals surface area contributed by atoms with E-state index in [1.165, 1.54) is 64.5 Å². The van der Waals surface area contributed by atoms with Crippen LogP contribution in [0.1, 0.15) is 11.1 Å². The van der Waals surface area contributed by atoms with Gasteiger partial charge in [-0.05, 0) is 42.3 Å². The molecule has 4 aromatic carbocycles. The van der Waals surface area contributed by atoms with Gasteiger partial charge in [-0.1, -0.05) is 54.2 Å². The van der Waals surface area contributed by atoms with Gasteiger partial charge in [0.1, 0.15) is 18.2 Å². The Morgan fingerprint density at radius 1 is 0.806 bits per heavy atom. The van der Waals surface area contributed by atoms with Gasteiger partial charge in [-0.2, -0.15) is 0 Å². The predicted molar refractivity (Wildman–Crippen MR) is 129 cm³/mol. The van der Waals surface area contributed by atoms with E-state index in [0.29, 0.717) is 0 Å². The summed E-state index contributed by atoms with van der Waals surface area (Å²) in [5.41, 5.74) is 7.21. The number of rotatable bonds is 0. The summed E-state index contributed by atoms with van der Waals surface area (Å²) >= 11 is 1.89. The highest BCUT2D eigenvalue weighted by atomic mass is 32.2. The standard InChI is InChI=1S/C28H20NOS/c1-15-18-9-5-4-8-17(18)14-22-23(15)26-25-20(12-13-29(26)3)24-19-10-6-7-11-21(19)30-27(24)16(2)28(25)31-22/h4-14H,1-3H3/q+1. The molecular weight excluding hydrogens is 398 g/mol. The minimum atomic E-state index is 0.956. The summed E-state index contributed by atoms with van der Waals surface area (Å²) in [7, 11) is 2.17. The first-order chi connectivity index (χ1) is 15.1. The molecule has 31 heavy (non-hydrogen) atoms. The van der Waals surface area contributed by atoms with Crippen LogP contribution >= 0.6 is 11.8 Å². The zero-order chi connectivity index (χ0) is 20.9. The van der Waals surface area contributed by atoms with Crippen molar-refractivity contribution in [2.24, 2.45) is 7.05 Å². The van der Waals surface area contributed by atoms with E-state index >= 15 is 0 Å². The van der Waals surface area contributed by atoms with E-state index in [4.69, 9.17) is 4.42 Å². The summed E-state index contributed by atoms with van der Waals surface area (Å²) in [5, 5.41) is 7.67. The molecule has 7 rings (SSSR count). The molecule has 0 spiro atoms. The summed E-state index contributed by atoms with van der Waals surface area (Å²) in [6.45, 7) is 4.48. The molecule has 148 valence electrons. The van der Waals surface area contributed by atoms with E-state index in [0.717, 1.165) is 11.2 Å². The van der Waals surface area contributed by atoms with Crippen molar-refractivity contribution in [2.45, 2.75) is 23.6 Å². The molecule has 0 amide bonds. The number of furan rings is 1. The topological polar surface area (TPSA) is 17.0 Å². The summed E-state index contributed by atoms with van der Waals surface area (Å²) in [4.78, 5) is 2.64. The van der Waals surface area contributed by atoms with Gasteiger partial charge < -0.3 is 4.42 Å². The highest BCUT2D eigenvalue weighted by molar-refractivity contribution is 8.00. The van der Waals surface area contributed by atoms with Crippen molar-refractivity contribution in [3.63, 3.8) is 0 Å². The van der Waals surface area contributed by atoms with E-state index in [9.17, 15) is 0 Å². The number of nitrogens with zero attached hydrogens (tertiary/aromatic N) is 1. The molecule has 0 saturated carbocycles. The lowest BCUT2D eigenvalue weighted by Crippen LogP contribution is -2.31. The van der Waals surface area contributed by atoms with Gasteiger partial charge in [0, 0.05) is 37.6 Å². The van der Waals surface area contributed by atoms with Crippen LogP contribution in [0.25, 0.3) is 54.7 Å². The van der Waals surface area contributed by atoms with Gasteiger partial charge in [-0.25, -0.2) is 4.57 Å². The number of para-hydroxylation sites is 1. The molecule has 3 heterocycles. The average Bonchev–Trinajstić information content (AvgIpc) is 3.18. The molecule has 0 radical (unpaired) electrons. The zero-order valence-electron chi connectivity index (χ0n) is 17.6. The first-order valence-corrected chi connectivity index (χ1v) is 11.4. The molecule has 1 aliphatic rings. The highest BCUT2D eigenvalue weighted by Crippen LogP contribution is 2.53. The van der Waals surface area contributed by atoms with Gasteiger partial charge in [-0.3, -0.25) is 0 Å². The smallest absolute Gasteiger partial charge is 0.222 e. The van der Waals surface area contributed by atoms with E-state index < -0.39 is 0 Å². The lowest BCUT2D eigenvalue weighted by Gasteiger charge is -2.22. The van der Waals surface area contributed by atoms with Gasteiger partial charge >= 0.3 is 0 Å². The third-order valence-electron chi connectivity index (χ3n) is 6.82. The molecule has 0 aliphatic carbocycles. The molecule has 2 aromatic heterocycles. The normalized spacial score (nSPS) is 12.9. The number of fused-ring (bicyclic) bond motifs is 7. The maximum absolute atomic E-state index is 6.39. The first-order valence-electron chi connectivity index (χ1n) is 10.6. The molecule has 0 saturated heterocycles. The highest BCUT2D eigenvalue weighted by Gasteiger charge is 2.32. The predicted octanol–water partition coefficient (Wildman–Crippen LogP) is 7.47. The second-order valence-corrected chi connectivity index (χ2v) is 9.57. The molecule has 0 N–H and O–H groups in total. The second kappa shape index (κ2) is 5.89. The van der Waals surface area contributed by atoms with E-state index in [2.05, 4.69) is 86.3 Å². The van der Waals surface area contributed by atoms with Crippen LogP contribution in [0.5, 0.6) is 0 Å². The quantitative estimate of drug-likeness (QED) is 0.238. The Morgan fingerprint density at radius 3 is 2.45 bits per heavy atom. The van der Waals surface area contributed by atoms with Crippen molar-refractivity contribution in [1.82, 2.24) is 0 Å². The summed E-state index contributed by atoms with van der Waals surface area (Å²) in [6, 6.07) is 21.7. The van der Waals surface area contributed by atoms with Crippen LogP contribution in [-0.4, -0.2) is 0 Å². The van der Waals surface area contributed by atoms with E-state index in [1.807, 2.05) is 17.8 Å². The van der Waals surface area contributed by atoms with Gasteiger partial charge in [-0.15, -0.1) is 0 Å². The summed E-state index contributed by atoms with van der Waals surface area (Å²) in [5.74, 6) is 0. The van der Waals surface area contributed by atoms with Gasteiger partial charge in [0.2, 0.25) is 5.69 Å². The van der Waals surface area contributed by atoms with Crippen LogP contribution in [-0.2, 0) is 7.05 Å². The van der Waals surface area contributed by atoms with E-state index in [-0.39, 0.29) is 0 Å². The monoisotopic (exact) mass is 418 g/mol. The average molecular weight is 419 g/mol. The third-order valence-corrected chi connectivity index (χ3v) is 8.07. The number of hydrogen-bond donors (Lipinski definition) is 0. The van der Waals surface area contributed by atoms with Crippen molar-refractivity contribution in [3.05, 3.63) is 78.0 Å². The van der Waals surface area contributed by atoms with Crippen molar-refractivity contribution < 1.29 is 8.98 Å². The SMILES string of the molecule is Cc1c2c(cc3ccccc13)Sc1c(C)c3oc4ccccc4c3c3cc[n+](C)c-2c13. The fraction of sp³-hybridized carbons (Fsp3) is 0.107. The number of aromatic nitrogens is 1. The van der Waals surface area contributed by atoms with Crippen LogP contribution in [0.2, 0.25) is 0 Å². The van der Waals surface area contributed by atoms with Crippen molar-refractivity contribution in [3.8, 4) is 11.3 Å². The Morgan fingerprint density at radius 2 is 1.58 bits per heavy atom. The molecule has 0 unspecified atom stereocenters. The largest absolute Gasteiger partial charge is 0.456 e. The van der Waals surface area contributed by atoms with Crippen molar-refractivity contribution in [1.29, 1.82) is 0 Å². The summed E-state index contributed by atoms with van der Waals surface area (Å²) < 4.78 is 8.68. The molecule has 2 nitrogen and oxygen atoms in total. The third kappa shape index (κ3) is 2.12. The Labute approximate surface area is 184 Å². The molecule has 0 fully saturated rings. The summed E-state index contributed by atoms with van der Waals surface area (Å²) in [6.07, 6.45) is 2.20. The Bertz CT molecular complexity index is 1740. The minimum Gasteiger partial charge on any atom is -0.456 e. The molecule has 6 aromatic rings. The number of aryl methyl sites for hydroxylation is 3. The fourth-order valence-electron chi connectivity index (χ4n) is 5.36. The first kappa shape index (κ1) is 17.4. The second-order valence-electron chi connectivity index (χ2n) is 8.52. The minimum absolute atomic E-state index is 0.956. The number of pyridine rings is 1. The zero-order valence-corrected chi connectivity index (χ0v) is 18.4.